The van der Waals surface area contributed by atoms with Gasteiger partial charge in [-0.2, -0.15) is 0 Å². The van der Waals surface area contributed by atoms with Gasteiger partial charge in [-0.05, 0) is 44.0 Å². The smallest absolute Gasteiger partial charge is 0.137 e. The van der Waals surface area contributed by atoms with Crippen LogP contribution in [0.5, 0.6) is 11.5 Å². The first-order valence-electron chi connectivity index (χ1n) is 6.73. The van der Waals surface area contributed by atoms with E-state index in [9.17, 15) is 0 Å². The summed E-state index contributed by atoms with van der Waals surface area (Å²) in [6.07, 6.45) is 0. The molecule has 0 aliphatic carbocycles. The summed E-state index contributed by atoms with van der Waals surface area (Å²) in [4.78, 5) is 2.73. The molecule has 114 valence electrons. The Morgan fingerprint density at radius 3 is 1.45 bits per heavy atom. The topological polar surface area (TPSA) is 27.3 Å². The maximum absolute atomic E-state index is 5.77. The van der Waals surface area contributed by atoms with E-state index in [2.05, 4.69) is 60.1 Å². The van der Waals surface area contributed by atoms with Crippen molar-refractivity contribution < 1.29 is 19.3 Å². The van der Waals surface area contributed by atoms with Gasteiger partial charge in [0.1, 0.15) is 37.8 Å². The van der Waals surface area contributed by atoms with Gasteiger partial charge in [-0.25, -0.2) is 0 Å². The molecule has 1 rings (SSSR count). The highest BCUT2D eigenvalue weighted by Gasteiger charge is 2.10. The molecule has 2 N–H and O–H groups in total. The number of hydrogen-bond acceptors (Lipinski definition) is 2. The minimum absolute atomic E-state index is 0.692. The van der Waals surface area contributed by atoms with E-state index in [0.717, 1.165) is 33.5 Å². The van der Waals surface area contributed by atoms with Crippen LogP contribution in [0.15, 0.2) is 21.1 Å². The van der Waals surface area contributed by atoms with Crippen LogP contribution in [0, 0.1) is 0 Å². The van der Waals surface area contributed by atoms with E-state index in [-0.39, 0.29) is 0 Å². The third-order valence-electron chi connectivity index (χ3n) is 2.71. The molecular weight excluding hydrogens is 388 g/mol. The Labute approximate surface area is 138 Å². The second-order valence-electron chi connectivity index (χ2n) is 5.32. The third-order valence-corrected chi connectivity index (χ3v) is 3.95. The van der Waals surface area contributed by atoms with Crippen molar-refractivity contribution in [1.29, 1.82) is 0 Å². The van der Waals surface area contributed by atoms with Crippen molar-refractivity contribution in [2.75, 3.05) is 54.5 Å². The van der Waals surface area contributed by atoms with Gasteiger partial charge in [-0.1, -0.05) is 0 Å². The van der Waals surface area contributed by atoms with Crippen LogP contribution in [-0.2, 0) is 0 Å². The van der Waals surface area contributed by atoms with E-state index in [4.69, 9.17) is 9.47 Å². The first-order valence-corrected chi connectivity index (χ1v) is 8.31. The van der Waals surface area contributed by atoms with Crippen molar-refractivity contribution in [3.8, 4) is 11.5 Å². The van der Waals surface area contributed by atoms with Gasteiger partial charge in [-0.3, -0.25) is 0 Å². The normalized spacial score (nSPS) is 11.2. The molecule has 0 aliphatic heterocycles. The second-order valence-corrected chi connectivity index (χ2v) is 7.03. The number of ether oxygens (including phenoxy) is 2. The predicted molar refractivity (Wildman–Crippen MR) is 88.2 cm³/mol. The van der Waals surface area contributed by atoms with Crippen LogP contribution in [0.25, 0.3) is 0 Å². The van der Waals surface area contributed by atoms with Crippen LogP contribution in [0.2, 0.25) is 0 Å². The molecule has 0 aliphatic rings. The van der Waals surface area contributed by atoms with E-state index in [1.807, 2.05) is 12.1 Å². The zero-order valence-electron chi connectivity index (χ0n) is 12.6. The van der Waals surface area contributed by atoms with E-state index >= 15 is 0 Å². The summed E-state index contributed by atoms with van der Waals surface area (Å²) < 4.78 is 13.4. The Bertz CT molecular complexity index is 386. The van der Waals surface area contributed by atoms with Crippen LogP contribution in [0.4, 0.5) is 0 Å². The Kier molecular flexibility index (Phi) is 7.87. The van der Waals surface area contributed by atoms with Crippen LogP contribution >= 0.6 is 31.9 Å². The Hall–Kier alpha value is -0.300. The number of benzene rings is 1. The lowest BCUT2D eigenvalue weighted by Crippen LogP contribution is -3.06. The van der Waals surface area contributed by atoms with Crippen molar-refractivity contribution in [3.63, 3.8) is 0 Å². The molecule has 6 heteroatoms. The van der Waals surface area contributed by atoms with Crippen LogP contribution in [0.1, 0.15) is 0 Å². The number of nitrogens with one attached hydrogen (secondary N) is 2. The molecule has 0 radical (unpaired) electrons. The summed E-state index contributed by atoms with van der Waals surface area (Å²) in [5.74, 6) is 1.67. The van der Waals surface area contributed by atoms with E-state index in [1.165, 1.54) is 9.80 Å². The van der Waals surface area contributed by atoms with Gasteiger partial charge in [0.25, 0.3) is 0 Å². The van der Waals surface area contributed by atoms with Gasteiger partial charge in [0, 0.05) is 0 Å². The summed E-state index contributed by atoms with van der Waals surface area (Å²) in [5, 5.41) is 0. The Balaban J connectivity index is 2.61. The molecule has 0 bridgehead atoms. The Morgan fingerprint density at radius 2 is 1.15 bits per heavy atom. The molecule has 0 fully saturated rings. The molecule has 0 unspecified atom stereocenters. The highest BCUT2D eigenvalue weighted by atomic mass is 79.9. The van der Waals surface area contributed by atoms with Gasteiger partial charge in [0.05, 0.1) is 37.1 Å². The number of likely N-dealkylation sites (N-methyl/N-ethyl adjacent to an activating group) is 2. The average molecular weight is 412 g/mol. The summed E-state index contributed by atoms with van der Waals surface area (Å²) in [5.41, 5.74) is 0. The first kappa shape index (κ1) is 17.8. The minimum atomic E-state index is 0.692. The van der Waals surface area contributed by atoms with Gasteiger partial charge < -0.3 is 19.3 Å². The van der Waals surface area contributed by atoms with Crippen molar-refractivity contribution in [3.05, 3.63) is 21.1 Å². The van der Waals surface area contributed by atoms with Gasteiger partial charge >= 0.3 is 0 Å². The fraction of sp³-hybridized carbons (Fsp3) is 0.571. The molecule has 20 heavy (non-hydrogen) atoms. The van der Waals surface area contributed by atoms with Crippen molar-refractivity contribution in [1.82, 2.24) is 0 Å². The monoisotopic (exact) mass is 410 g/mol. The maximum atomic E-state index is 5.77. The first-order chi connectivity index (χ1) is 9.40. The van der Waals surface area contributed by atoms with Gasteiger partial charge in [0.2, 0.25) is 0 Å². The number of quaternary nitrogens is 2. The lowest BCUT2D eigenvalue weighted by molar-refractivity contribution is -0.858. The molecule has 0 heterocycles. The predicted octanol–water partition coefficient (Wildman–Crippen LogP) is 0.258. The largest absolute Gasteiger partial charge is 0.486 e. The van der Waals surface area contributed by atoms with E-state index in [0.29, 0.717) is 13.2 Å². The molecule has 0 atom stereocenters. The number of rotatable bonds is 8. The molecular formula is C14H24Br2N2O2+2. The fourth-order valence-corrected chi connectivity index (χ4v) is 2.34. The average Bonchev–Trinajstić information content (AvgIpc) is 2.33. The van der Waals surface area contributed by atoms with Gasteiger partial charge in [0.15, 0.2) is 0 Å². The summed E-state index contributed by atoms with van der Waals surface area (Å²) in [7, 11) is 8.44. The van der Waals surface area contributed by atoms with Crippen LogP contribution in [0.3, 0.4) is 0 Å². The minimum Gasteiger partial charge on any atom is -0.486 e. The molecule has 1 aromatic rings. The van der Waals surface area contributed by atoms with Gasteiger partial charge in [-0.15, -0.1) is 0 Å². The summed E-state index contributed by atoms with van der Waals surface area (Å²) >= 11 is 7.06. The zero-order valence-corrected chi connectivity index (χ0v) is 15.7. The molecule has 0 saturated heterocycles. The van der Waals surface area contributed by atoms with Crippen molar-refractivity contribution in [2.24, 2.45) is 0 Å². The van der Waals surface area contributed by atoms with E-state index < -0.39 is 0 Å². The fourth-order valence-electron chi connectivity index (χ4n) is 1.46. The summed E-state index contributed by atoms with van der Waals surface area (Å²) in [6.45, 7) is 3.32. The van der Waals surface area contributed by atoms with Crippen LogP contribution < -0.4 is 19.3 Å². The molecule has 0 amide bonds. The molecule has 1 aromatic carbocycles. The molecule has 4 nitrogen and oxygen atoms in total. The number of hydrogen-bond donors (Lipinski definition) is 2. The SMILES string of the molecule is C[NH+](C)CCOc1cc(Br)c(OCC[NH+](C)C)cc1Br. The molecule has 0 spiro atoms. The zero-order chi connectivity index (χ0) is 15.1. The van der Waals surface area contributed by atoms with Crippen molar-refractivity contribution in [2.45, 2.75) is 0 Å². The second kappa shape index (κ2) is 8.87. The summed E-state index contributed by atoms with van der Waals surface area (Å²) in [6, 6.07) is 3.90. The van der Waals surface area contributed by atoms with E-state index in [1.54, 1.807) is 0 Å². The standard InChI is InChI=1S/C14H22Br2N2O2/c1-17(2)5-7-19-13-9-12(16)14(10-11(13)15)20-8-6-18(3)4/h9-10H,5-8H2,1-4H3/p+2. The van der Waals surface area contributed by atoms with Crippen LogP contribution in [-0.4, -0.2) is 54.5 Å². The molecule has 0 saturated carbocycles. The highest BCUT2D eigenvalue weighted by Crippen LogP contribution is 2.36. The van der Waals surface area contributed by atoms with Crippen molar-refractivity contribution >= 4 is 31.9 Å². The lowest BCUT2D eigenvalue weighted by atomic mass is 10.3. The molecule has 0 aromatic heterocycles. The lowest BCUT2D eigenvalue weighted by Gasteiger charge is -2.14. The maximum Gasteiger partial charge on any atom is 0.137 e. The number of halogens is 2. The third kappa shape index (κ3) is 6.43. The quantitative estimate of drug-likeness (QED) is 0.642. The Morgan fingerprint density at radius 1 is 0.800 bits per heavy atom. The highest BCUT2D eigenvalue weighted by molar-refractivity contribution is 9.11.